The van der Waals surface area contributed by atoms with E-state index in [0.29, 0.717) is 37.1 Å². The number of hydrogen-bond donors (Lipinski definition) is 3. The minimum Gasteiger partial charge on any atom is -0.378 e. The molecule has 5 rings (SSSR count). The molecule has 1 aliphatic rings. The number of ether oxygens (including phenoxy) is 1. The lowest BCUT2D eigenvalue weighted by Crippen LogP contribution is -2.36. The average molecular weight is 521 g/mol. The number of thiophene rings is 1. The zero-order valence-electron chi connectivity index (χ0n) is 19.9. The fraction of sp³-hybridized carbons (Fsp3) is 0.250. The first-order valence-corrected chi connectivity index (χ1v) is 12.3. The molecule has 0 spiro atoms. The molecule has 2 amide bonds. The van der Waals surface area contributed by atoms with Gasteiger partial charge in [0, 0.05) is 48.5 Å². The number of carbonyl (C=O) groups is 2. The quantitative estimate of drug-likeness (QED) is 0.242. The van der Waals surface area contributed by atoms with Crippen molar-refractivity contribution in [3.05, 3.63) is 58.7 Å². The SMILES string of the molecule is CN(Cc1cc2nc(-c3ccc(C(N)=O)cc3)nc(N3CCOCC3)c2s1)c1ncc(C(=O)NO)cn1. The second kappa shape index (κ2) is 10.4. The minimum absolute atomic E-state index is 0.156. The summed E-state index contributed by atoms with van der Waals surface area (Å²) in [5.41, 5.74) is 9.12. The van der Waals surface area contributed by atoms with Crippen LogP contribution in [0.3, 0.4) is 0 Å². The van der Waals surface area contributed by atoms with Crippen LogP contribution in [-0.2, 0) is 11.3 Å². The van der Waals surface area contributed by atoms with E-state index in [-0.39, 0.29) is 5.56 Å². The van der Waals surface area contributed by atoms with E-state index in [1.54, 1.807) is 41.1 Å². The number of aromatic nitrogens is 4. The highest BCUT2D eigenvalue weighted by Crippen LogP contribution is 2.35. The molecule has 1 saturated heterocycles. The van der Waals surface area contributed by atoms with Gasteiger partial charge in [-0.15, -0.1) is 11.3 Å². The van der Waals surface area contributed by atoms with Crippen LogP contribution in [-0.4, -0.2) is 70.3 Å². The van der Waals surface area contributed by atoms with Gasteiger partial charge in [-0.25, -0.2) is 25.4 Å². The summed E-state index contributed by atoms with van der Waals surface area (Å²) in [7, 11) is 1.85. The van der Waals surface area contributed by atoms with Crippen molar-refractivity contribution < 1.29 is 19.5 Å². The Morgan fingerprint density at radius 1 is 1.14 bits per heavy atom. The lowest BCUT2D eigenvalue weighted by atomic mass is 10.1. The Balaban J connectivity index is 1.48. The van der Waals surface area contributed by atoms with Gasteiger partial charge in [0.05, 0.1) is 35.5 Å². The van der Waals surface area contributed by atoms with E-state index in [1.807, 2.05) is 18.0 Å². The van der Waals surface area contributed by atoms with E-state index in [1.165, 1.54) is 12.4 Å². The zero-order chi connectivity index (χ0) is 25.9. The van der Waals surface area contributed by atoms with Gasteiger partial charge in [-0.1, -0.05) is 12.1 Å². The number of rotatable bonds is 7. The van der Waals surface area contributed by atoms with E-state index in [4.69, 9.17) is 25.6 Å². The molecule has 1 aromatic carbocycles. The molecule has 0 atom stereocenters. The summed E-state index contributed by atoms with van der Waals surface area (Å²) in [4.78, 5) is 46.3. The van der Waals surface area contributed by atoms with Crippen LogP contribution in [0, 0.1) is 0 Å². The Morgan fingerprint density at radius 3 is 2.49 bits per heavy atom. The van der Waals surface area contributed by atoms with Crippen molar-refractivity contribution in [2.75, 3.05) is 43.2 Å². The zero-order valence-corrected chi connectivity index (χ0v) is 20.7. The van der Waals surface area contributed by atoms with E-state index in [2.05, 4.69) is 14.9 Å². The topological polar surface area (TPSA) is 160 Å². The number of primary amides is 1. The fourth-order valence-corrected chi connectivity index (χ4v) is 5.12. The van der Waals surface area contributed by atoms with Crippen LogP contribution in [0.4, 0.5) is 11.8 Å². The standard InChI is InChI=1S/C24H24N8O4S/c1-31(24-26-11-16(12-27-24)23(34)30-35)13-17-10-18-19(37-17)22(32-6-8-36-9-7-32)29-21(28-18)15-4-2-14(3-5-15)20(25)33/h2-5,10-12,35H,6-9,13H2,1H3,(H2,25,33)(H,30,34). The third-order valence-electron chi connectivity index (χ3n) is 5.88. The summed E-state index contributed by atoms with van der Waals surface area (Å²) in [6.07, 6.45) is 2.71. The molecule has 1 fully saturated rings. The maximum absolute atomic E-state index is 11.5. The molecule has 0 bridgehead atoms. The minimum atomic E-state index is -0.673. The molecule has 0 radical (unpaired) electrons. The van der Waals surface area contributed by atoms with E-state index in [9.17, 15) is 9.59 Å². The number of fused-ring (bicyclic) bond motifs is 1. The van der Waals surface area contributed by atoms with Gasteiger partial charge in [0.2, 0.25) is 11.9 Å². The number of hydrogen-bond acceptors (Lipinski definition) is 11. The normalized spacial score (nSPS) is 13.5. The first-order valence-electron chi connectivity index (χ1n) is 11.4. The lowest BCUT2D eigenvalue weighted by molar-refractivity contribution is 0.0705. The molecular formula is C24H24N8O4S. The van der Waals surface area contributed by atoms with Crippen molar-refractivity contribution in [2.45, 2.75) is 6.54 Å². The highest BCUT2D eigenvalue weighted by atomic mass is 32.1. The number of anilines is 2. The molecule has 0 saturated carbocycles. The molecule has 3 aromatic heterocycles. The Kier molecular flexibility index (Phi) is 6.90. The van der Waals surface area contributed by atoms with Crippen LogP contribution < -0.4 is 21.0 Å². The number of amides is 2. The lowest BCUT2D eigenvalue weighted by Gasteiger charge is -2.28. The Bertz CT molecular complexity index is 1440. The highest BCUT2D eigenvalue weighted by Gasteiger charge is 2.21. The summed E-state index contributed by atoms with van der Waals surface area (Å²) < 4.78 is 6.51. The molecular weight excluding hydrogens is 496 g/mol. The smallest absolute Gasteiger partial charge is 0.277 e. The second-order valence-corrected chi connectivity index (χ2v) is 9.54. The molecule has 13 heteroatoms. The van der Waals surface area contributed by atoms with Gasteiger partial charge in [0.1, 0.15) is 0 Å². The maximum atomic E-state index is 11.5. The molecule has 4 heterocycles. The predicted molar refractivity (Wildman–Crippen MR) is 138 cm³/mol. The summed E-state index contributed by atoms with van der Waals surface area (Å²) in [5, 5.41) is 8.77. The van der Waals surface area contributed by atoms with Crippen molar-refractivity contribution in [3.63, 3.8) is 0 Å². The Labute approximate surface area is 215 Å². The molecule has 12 nitrogen and oxygen atoms in total. The molecule has 190 valence electrons. The fourth-order valence-electron chi connectivity index (χ4n) is 3.95. The summed E-state index contributed by atoms with van der Waals surface area (Å²) in [6, 6.07) is 8.95. The predicted octanol–water partition coefficient (Wildman–Crippen LogP) is 1.84. The Hall–Kier alpha value is -4.20. The van der Waals surface area contributed by atoms with Crippen molar-refractivity contribution in [3.8, 4) is 11.4 Å². The van der Waals surface area contributed by atoms with Crippen molar-refractivity contribution in [2.24, 2.45) is 5.73 Å². The molecule has 4 N–H and O–H groups in total. The second-order valence-electron chi connectivity index (χ2n) is 8.41. The van der Waals surface area contributed by atoms with E-state index < -0.39 is 11.8 Å². The number of nitrogens with one attached hydrogen (secondary N) is 1. The number of hydroxylamine groups is 1. The third-order valence-corrected chi connectivity index (χ3v) is 6.98. The molecule has 1 aliphatic heterocycles. The van der Waals surface area contributed by atoms with Crippen LogP contribution in [0.15, 0.2) is 42.7 Å². The van der Waals surface area contributed by atoms with E-state index >= 15 is 0 Å². The number of carbonyl (C=O) groups excluding carboxylic acids is 2. The third kappa shape index (κ3) is 5.18. The number of benzene rings is 1. The van der Waals surface area contributed by atoms with Crippen molar-refractivity contribution in [1.29, 1.82) is 0 Å². The summed E-state index contributed by atoms with van der Waals surface area (Å²) in [6.45, 7) is 3.20. The van der Waals surface area contributed by atoms with Gasteiger partial charge in [0.25, 0.3) is 5.91 Å². The number of morpholine rings is 1. The van der Waals surface area contributed by atoms with Gasteiger partial charge >= 0.3 is 0 Å². The van der Waals surface area contributed by atoms with Crippen LogP contribution >= 0.6 is 11.3 Å². The Morgan fingerprint density at radius 2 is 1.84 bits per heavy atom. The maximum Gasteiger partial charge on any atom is 0.277 e. The molecule has 4 aromatic rings. The highest BCUT2D eigenvalue weighted by molar-refractivity contribution is 7.19. The van der Waals surface area contributed by atoms with Crippen LogP contribution in [0.1, 0.15) is 25.6 Å². The van der Waals surface area contributed by atoms with Crippen molar-refractivity contribution in [1.82, 2.24) is 25.4 Å². The molecule has 0 aliphatic carbocycles. The van der Waals surface area contributed by atoms with Gasteiger partial charge in [-0.3, -0.25) is 14.8 Å². The first kappa shape index (κ1) is 24.5. The van der Waals surface area contributed by atoms with Gasteiger partial charge in [0.15, 0.2) is 11.6 Å². The van der Waals surface area contributed by atoms with E-state index in [0.717, 1.165) is 39.6 Å². The first-order chi connectivity index (χ1) is 17.9. The average Bonchev–Trinajstić information content (AvgIpc) is 3.35. The van der Waals surface area contributed by atoms with Gasteiger partial charge in [-0.05, 0) is 18.2 Å². The van der Waals surface area contributed by atoms with Crippen LogP contribution in [0.2, 0.25) is 0 Å². The van der Waals surface area contributed by atoms with Gasteiger partial charge < -0.3 is 20.3 Å². The summed E-state index contributed by atoms with van der Waals surface area (Å²) in [5.74, 6) is 0.675. The number of nitrogens with two attached hydrogens (primary N) is 1. The monoisotopic (exact) mass is 520 g/mol. The summed E-state index contributed by atoms with van der Waals surface area (Å²) >= 11 is 1.60. The van der Waals surface area contributed by atoms with Crippen LogP contribution in [0.25, 0.3) is 21.6 Å². The molecule has 37 heavy (non-hydrogen) atoms. The molecule has 0 unspecified atom stereocenters. The van der Waals surface area contributed by atoms with Crippen molar-refractivity contribution >= 4 is 45.1 Å². The largest absolute Gasteiger partial charge is 0.378 e. The van der Waals surface area contributed by atoms with Crippen LogP contribution in [0.5, 0.6) is 0 Å². The van der Waals surface area contributed by atoms with Gasteiger partial charge in [-0.2, -0.15) is 0 Å². The number of nitrogens with zero attached hydrogens (tertiary/aromatic N) is 6.